The van der Waals surface area contributed by atoms with Crippen molar-refractivity contribution >= 4 is 33.3 Å². The molecule has 5 rings (SSSR count). The molecule has 0 radical (unpaired) electrons. The lowest BCUT2D eigenvalue weighted by molar-refractivity contribution is 0.285. The Labute approximate surface area is 228 Å². The Balaban J connectivity index is 0.000000211. The second kappa shape index (κ2) is 17.1. The lowest BCUT2D eigenvalue weighted by Gasteiger charge is -2.13. The van der Waals surface area contributed by atoms with Gasteiger partial charge in [0.25, 0.3) is 0 Å². The molecule has 0 aliphatic carbocycles. The van der Waals surface area contributed by atoms with Crippen LogP contribution in [0.3, 0.4) is 0 Å². The highest BCUT2D eigenvalue weighted by Crippen LogP contribution is 2.20. The minimum Gasteiger partial charge on any atom is -0.395 e. The molecule has 0 amide bonds. The van der Waals surface area contributed by atoms with E-state index in [1.54, 1.807) is 0 Å². The zero-order valence-electron chi connectivity index (χ0n) is 23.2. The number of nitrogens with one attached hydrogen (secondary N) is 2. The maximum Gasteiger partial charge on any atom is 0.132 e. The van der Waals surface area contributed by atoms with Crippen LogP contribution in [0.4, 0.5) is 0 Å². The van der Waals surface area contributed by atoms with Crippen LogP contribution < -0.4 is 10.6 Å². The molecule has 4 aromatic rings. The second-order valence-electron chi connectivity index (χ2n) is 9.21. The fourth-order valence-corrected chi connectivity index (χ4v) is 4.23. The summed E-state index contributed by atoms with van der Waals surface area (Å²) >= 11 is 5.93. The Morgan fingerprint density at radius 3 is 2.24 bits per heavy atom. The molecule has 1 fully saturated rings. The summed E-state index contributed by atoms with van der Waals surface area (Å²) in [4.78, 5) is 4.30. The van der Waals surface area contributed by atoms with Crippen LogP contribution >= 0.6 is 11.6 Å². The van der Waals surface area contributed by atoms with E-state index in [4.69, 9.17) is 16.7 Å². The summed E-state index contributed by atoms with van der Waals surface area (Å²) in [5, 5.41) is 19.6. The van der Waals surface area contributed by atoms with Gasteiger partial charge >= 0.3 is 0 Å². The van der Waals surface area contributed by atoms with Crippen LogP contribution in [0.5, 0.6) is 0 Å². The van der Waals surface area contributed by atoms with Gasteiger partial charge in [-0.2, -0.15) is 0 Å². The van der Waals surface area contributed by atoms with Crippen LogP contribution in [0.25, 0.3) is 21.7 Å². The molecule has 1 saturated heterocycles. The van der Waals surface area contributed by atoms with E-state index in [0.717, 1.165) is 22.9 Å². The van der Waals surface area contributed by atoms with E-state index in [1.165, 1.54) is 47.8 Å². The number of hydrogen-bond donors (Lipinski definition) is 3. The molecule has 1 aliphatic rings. The number of benzene rings is 3. The van der Waals surface area contributed by atoms with Gasteiger partial charge in [-0.3, -0.25) is 0 Å². The van der Waals surface area contributed by atoms with E-state index < -0.39 is 0 Å². The van der Waals surface area contributed by atoms with Crippen LogP contribution in [-0.2, 0) is 6.42 Å². The number of rotatable bonds is 5. The predicted molar refractivity (Wildman–Crippen MR) is 162 cm³/mol. The molecule has 3 N–H and O–H groups in total. The highest BCUT2D eigenvalue weighted by Gasteiger charge is 2.03. The van der Waals surface area contributed by atoms with Crippen LogP contribution in [0.15, 0.2) is 66.7 Å². The van der Waals surface area contributed by atoms with Crippen molar-refractivity contribution in [2.45, 2.75) is 59.9 Å². The van der Waals surface area contributed by atoms with Crippen LogP contribution in [0.1, 0.15) is 50.3 Å². The van der Waals surface area contributed by atoms with E-state index >= 15 is 0 Å². The Bertz CT molecular complexity index is 1200. The van der Waals surface area contributed by atoms with Crippen molar-refractivity contribution in [1.82, 2.24) is 15.6 Å². The Morgan fingerprint density at radius 1 is 0.919 bits per heavy atom. The average molecular weight is 522 g/mol. The third-order valence-electron chi connectivity index (χ3n) is 6.02. The molecular formula is C32H44ClN3O. The van der Waals surface area contributed by atoms with Gasteiger partial charge in [0, 0.05) is 18.0 Å². The van der Waals surface area contributed by atoms with Crippen LogP contribution in [-0.4, -0.2) is 42.4 Å². The topological polar surface area (TPSA) is 57.2 Å². The summed E-state index contributed by atoms with van der Waals surface area (Å²) in [6.45, 7) is 13.5. The first-order valence-electron chi connectivity index (χ1n) is 13.5. The molecular weight excluding hydrogens is 478 g/mol. The van der Waals surface area contributed by atoms with E-state index in [0.29, 0.717) is 17.7 Å². The lowest BCUT2D eigenvalue weighted by atomic mass is 10.0. The summed E-state index contributed by atoms with van der Waals surface area (Å²) in [6, 6.07) is 23.6. The van der Waals surface area contributed by atoms with Crippen LogP contribution in [0, 0.1) is 13.8 Å². The monoisotopic (exact) mass is 521 g/mol. The van der Waals surface area contributed by atoms with E-state index in [2.05, 4.69) is 90.1 Å². The molecule has 3 aromatic carbocycles. The largest absolute Gasteiger partial charge is 0.395 e. The number of aliphatic hydroxyl groups excluding tert-OH is 1. The van der Waals surface area contributed by atoms with Gasteiger partial charge in [-0.1, -0.05) is 80.0 Å². The van der Waals surface area contributed by atoms with Crippen molar-refractivity contribution in [3.8, 4) is 0 Å². The molecule has 200 valence electrons. The maximum atomic E-state index is 8.76. The van der Waals surface area contributed by atoms with E-state index in [-0.39, 0.29) is 6.61 Å². The molecule has 0 bridgehead atoms. The Kier molecular flexibility index (Phi) is 14.2. The SMILES string of the molecule is C1CCNC1.CC.CC(Cc1ccc2ccccc2c1)NCCO.Cc1ccc2cc(C)c(Cl)nc2c1. The minimum absolute atomic E-state index is 0.196. The standard InChI is InChI=1S/C15H19NO.C11H10ClN.C4H9N.C2H6/c1-12(16-8-9-17)10-13-6-7-14-4-2-3-5-15(14)11-13;1-7-3-4-9-6-8(2)11(12)13-10(9)5-7;1-2-4-5-3-1;1-2/h2-7,11-12,16-17H,8-10H2,1H3;3-6H,1-2H3;5H,1-4H2;1-2H3. The number of hydrogen-bond acceptors (Lipinski definition) is 4. The van der Waals surface area contributed by atoms with E-state index in [9.17, 15) is 0 Å². The van der Waals surface area contributed by atoms with E-state index in [1.807, 2.05) is 26.8 Å². The number of fused-ring (bicyclic) bond motifs is 2. The molecule has 0 spiro atoms. The third kappa shape index (κ3) is 10.8. The average Bonchev–Trinajstić information content (AvgIpc) is 3.50. The number of halogens is 1. The first kappa shape index (κ1) is 30.7. The summed E-state index contributed by atoms with van der Waals surface area (Å²) < 4.78 is 0. The molecule has 1 atom stereocenters. The van der Waals surface area contributed by atoms with Gasteiger partial charge in [0.05, 0.1) is 12.1 Å². The minimum atomic E-state index is 0.196. The zero-order valence-corrected chi connectivity index (χ0v) is 23.9. The van der Waals surface area contributed by atoms with Gasteiger partial charge in [0.2, 0.25) is 0 Å². The van der Waals surface area contributed by atoms with Gasteiger partial charge in [-0.25, -0.2) is 4.98 Å². The molecule has 37 heavy (non-hydrogen) atoms. The van der Waals surface area contributed by atoms with Crippen molar-refractivity contribution in [1.29, 1.82) is 0 Å². The quantitative estimate of drug-likeness (QED) is 0.242. The summed E-state index contributed by atoms with van der Waals surface area (Å²) in [7, 11) is 0. The number of pyridine rings is 1. The smallest absolute Gasteiger partial charge is 0.132 e. The number of aryl methyl sites for hydroxylation is 2. The van der Waals surface area contributed by atoms with Crippen molar-refractivity contribution in [2.75, 3.05) is 26.2 Å². The highest BCUT2D eigenvalue weighted by atomic mass is 35.5. The van der Waals surface area contributed by atoms with Crippen molar-refractivity contribution < 1.29 is 5.11 Å². The van der Waals surface area contributed by atoms with Gasteiger partial charge in [0.1, 0.15) is 5.15 Å². The molecule has 4 nitrogen and oxygen atoms in total. The Morgan fingerprint density at radius 2 is 1.59 bits per heavy atom. The van der Waals surface area contributed by atoms with Crippen molar-refractivity contribution in [3.63, 3.8) is 0 Å². The molecule has 1 unspecified atom stereocenters. The van der Waals surface area contributed by atoms with Crippen molar-refractivity contribution in [3.05, 3.63) is 88.6 Å². The molecule has 5 heteroatoms. The summed E-state index contributed by atoms with van der Waals surface area (Å²) in [5.74, 6) is 0. The van der Waals surface area contributed by atoms with Gasteiger partial charge in [-0.05, 0) is 92.7 Å². The normalized spacial score (nSPS) is 13.1. The second-order valence-corrected chi connectivity index (χ2v) is 9.57. The van der Waals surface area contributed by atoms with Crippen LogP contribution in [0.2, 0.25) is 5.15 Å². The lowest BCUT2D eigenvalue weighted by Crippen LogP contribution is -2.30. The summed E-state index contributed by atoms with van der Waals surface area (Å²) in [5.41, 5.74) is 4.54. The fraction of sp³-hybridized carbons (Fsp3) is 0.406. The summed E-state index contributed by atoms with van der Waals surface area (Å²) in [6.07, 6.45) is 3.77. The number of aromatic nitrogens is 1. The number of nitrogens with zero attached hydrogens (tertiary/aromatic N) is 1. The van der Waals surface area contributed by atoms with Gasteiger partial charge in [0.15, 0.2) is 0 Å². The maximum absolute atomic E-state index is 8.76. The molecule has 2 heterocycles. The fourth-order valence-electron chi connectivity index (χ4n) is 4.09. The van der Waals surface area contributed by atoms with Gasteiger partial charge < -0.3 is 15.7 Å². The zero-order chi connectivity index (χ0) is 27.0. The predicted octanol–water partition coefficient (Wildman–Crippen LogP) is 7.25. The Hall–Kier alpha value is -2.50. The number of aliphatic hydroxyl groups is 1. The first-order chi connectivity index (χ1) is 18.0. The first-order valence-corrected chi connectivity index (χ1v) is 13.9. The van der Waals surface area contributed by atoms with Gasteiger partial charge in [-0.15, -0.1) is 0 Å². The molecule has 0 saturated carbocycles. The third-order valence-corrected chi connectivity index (χ3v) is 6.40. The van der Waals surface area contributed by atoms with Crippen molar-refractivity contribution in [2.24, 2.45) is 0 Å². The highest BCUT2D eigenvalue weighted by molar-refractivity contribution is 6.30. The molecule has 1 aliphatic heterocycles. The molecule has 1 aromatic heterocycles.